The molecule has 44 heavy (non-hydrogen) atoms. The molecular formula is C35H32N4O5. The van der Waals surface area contributed by atoms with E-state index in [2.05, 4.69) is 15.8 Å². The van der Waals surface area contributed by atoms with Crippen LogP contribution in [-0.4, -0.2) is 45.2 Å². The Balaban J connectivity index is 1.38. The summed E-state index contributed by atoms with van der Waals surface area (Å²) in [6, 6.07) is 30.0. The predicted octanol–water partition coefficient (Wildman–Crippen LogP) is 5.30. The first-order valence-electron chi connectivity index (χ1n) is 13.6. The molecule has 2 N–H and O–H groups in total. The second-order valence-electron chi connectivity index (χ2n) is 9.66. The molecule has 0 aliphatic rings. The maximum absolute atomic E-state index is 13.1. The molecule has 0 radical (unpaired) electrons. The summed E-state index contributed by atoms with van der Waals surface area (Å²) >= 11 is 0. The topological polar surface area (TPSA) is 109 Å². The molecule has 0 spiro atoms. The summed E-state index contributed by atoms with van der Waals surface area (Å²) in [6.45, 7) is 0. The molecule has 0 unspecified atom stereocenters. The molecule has 0 atom stereocenters. The minimum absolute atomic E-state index is 0.0264. The fourth-order valence-electron chi connectivity index (χ4n) is 3.85. The van der Waals surface area contributed by atoms with Crippen molar-refractivity contribution in [3.63, 3.8) is 0 Å². The molecule has 9 heteroatoms. The van der Waals surface area contributed by atoms with Gasteiger partial charge >= 0.3 is 5.97 Å². The normalized spacial score (nSPS) is 11.3. The third-order valence-electron chi connectivity index (χ3n) is 6.26. The zero-order chi connectivity index (χ0) is 31.3. The summed E-state index contributed by atoms with van der Waals surface area (Å²) in [5.41, 5.74) is 6.10. The van der Waals surface area contributed by atoms with Gasteiger partial charge in [0.15, 0.2) is 0 Å². The number of rotatable bonds is 11. The summed E-state index contributed by atoms with van der Waals surface area (Å²) in [6.07, 6.45) is 6.01. The van der Waals surface area contributed by atoms with Gasteiger partial charge in [0.1, 0.15) is 17.2 Å². The summed E-state index contributed by atoms with van der Waals surface area (Å²) < 4.78 is 10.5. The van der Waals surface area contributed by atoms with Crippen LogP contribution in [0.1, 0.15) is 27.0 Å². The lowest BCUT2D eigenvalue weighted by atomic mass is 10.1. The van der Waals surface area contributed by atoms with Gasteiger partial charge in [-0.3, -0.25) is 9.59 Å². The fraction of sp³-hybridized carbons (Fsp3) is 0.0857. The van der Waals surface area contributed by atoms with Crippen LogP contribution < -0.4 is 25.1 Å². The van der Waals surface area contributed by atoms with Gasteiger partial charge in [0.05, 0.1) is 13.3 Å². The Morgan fingerprint density at radius 3 is 2.00 bits per heavy atom. The van der Waals surface area contributed by atoms with Crippen LogP contribution in [0.4, 0.5) is 5.69 Å². The van der Waals surface area contributed by atoms with Crippen LogP contribution in [0, 0.1) is 0 Å². The van der Waals surface area contributed by atoms with E-state index in [-0.39, 0.29) is 5.70 Å². The molecule has 0 saturated carbocycles. The van der Waals surface area contributed by atoms with Crippen molar-refractivity contribution in [3.05, 3.63) is 137 Å². The van der Waals surface area contributed by atoms with Crippen molar-refractivity contribution in [2.24, 2.45) is 5.10 Å². The van der Waals surface area contributed by atoms with Gasteiger partial charge in [-0.2, -0.15) is 5.10 Å². The van der Waals surface area contributed by atoms with Crippen LogP contribution in [0.5, 0.6) is 11.5 Å². The Morgan fingerprint density at radius 1 is 0.750 bits per heavy atom. The minimum Gasteiger partial charge on any atom is -0.497 e. The van der Waals surface area contributed by atoms with Crippen molar-refractivity contribution in [2.75, 3.05) is 26.1 Å². The van der Waals surface area contributed by atoms with Gasteiger partial charge in [0.2, 0.25) is 0 Å². The first-order chi connectivity index (χ1) is 21.3. The number of ether oxygens (including phenoxy) is 2. The fourth-order valence-corrected chi connectivity index (χ4v) is 3.85. The number of carbonyl (C=O) groups excluding carboxylic acids is 3. The first kappa shape index (κ1) is 31.0. The van der Waals surface area contributed by atoms with E-state index in [1.165, 1.54) is 12.3 Å². The van der Waals surface area contributed by atoms with Crippen molar-refractivity contribution in [1.29, 1.82) is 0 Å². The Morgan fingerprint density at radius 2 is 1.36 bits per heavy atom. The van der Waals surface area contributed by atoms with Gasteiger partial charge in [0, 0.05) is 31.4 Å². The second-order valence-corrected chi connectivity index (χ2v) is 9.66. The number of nitrogens with zero attached hydrogens (tertiary/aromatic N) is 2. The number of hydrogen-bond donors (Lipinski definition) is 2. The highest BCUT2D eigenvalue weighted by molar-refractivity contribution is 6.05. The van der Waals surface area contributed by atoms with E-state index in [1.54, 1.807) is 86.0 Å². The van der Waals surface area contributed by atoms with Gasteiger partial charge in [-0.25, -0.2) is 10.2 Å². The summed E-state index contributed by atoms with van der Waals surface area (Å²) in [5, 5.41) is 6.72. The maximum Gasteiger partial charge on any atom is 0.336 e. The smallest absolute Gasteiger partial charge is 0.336 e. The van der Waals surface area contributed by atoms with Crippen molar-refractivity contribution in [3.8, 4) is 11.5 Å². The van der Waals surface area contributed by atoms with Crippen LogP contribution in [0.15, 0.2) is 120 Å². The van der Waals surface area contributed by atoms with Crippen LogP contribution in [0.3, 0.4) is 0 Å². The van der Waals surface area contributed by atoms with E-state index in [1.807, 2.05) is 55.4 Å². The Hall–Kier alpha value is -5.96. The largest absolute Gasteiger partial charge is 0.497 e. The quantitative estimate of drug-likeness (QED) is 0.0809. The van der Waals surface area contributed by atoms with Gasteiger partial charge in [-0.15, -0.1) is 0 Å². The lowest BCUT2D eigenvalue weighted by Gasteiger charge is -2.12. The van der Waals surface area contributed by atoms with E-state index in [0.717, 1.165) is 22.6 Å². The van der Waals surface area contributed by atoms with Gasteiger partial charge in [-0.05, 0) is 89.5 Å². The van der Waals surface area contributed by atoms with Crippen LogP contribution in [0.2, 0.25) is 0 Å². The molecule has 0 aliphatic carbocycles. The highest BCUT2D eigenvalue weighted by Gasteiger charge is 2.14. The van der Waals surface area contributed by atoms with E-state index < -0.39 is 17.8 Å². The van der Waals surface area contributed by atoms with Gasteiger partial charge in [-0.1, -0.05) is 42.5 Å². The number of hydrogen-bond acceptors (Lipinski definition) is 7. The zero-order valence-electron chi connectivity index (χ0n) is 24.6. The van der Waals surface area contributed by atoms with Crippen LogP contribution in [0.25, 0.3) is 12.2 Å². The lowest BCUT2D eigenvalue weighted by Crippen LogP contribution is -2.32. The number of methoxy groups -OCH3 is 1. The molecule has 9 nitrogen and oxygen atoms in total. The molecule has 0 fully saturated rings. The molecule has 2 amide bonds. The number of esters is 1. The van der Waals surface area contributed by atoms with E-state index in [0.29, 0.717) is 16.9 Å². The average Bonchev–Trinajstić information content (AvgIpc) is 3.05. The van der Waals surface area contributed by atoms with Crippen LogP contribution in [-0.2, 0) is 9.59 Å². The average molecular weight is 589 g/mol. The Labute approximate surface area is 256 Å². The number of anilines is 1. The minimum atomic E-state index is -0.601. The molecule has 4 aromatic carbocycles. The van der Waals surface area contributed by atoms with E-state index in [4.69, 9.17) is 9.47 Å². The summed E-state index contributed by atoms with van der Waals surface area (Å²) in [4.78, 5) is 40.0. The van der Waals surface area contributed by atoms with Crippen molar-refractivity contribution in [1.82, 2.24) is 10.7 Å². The molecule has 222 valence electrons. The lowest BCUT2D eigenvalue weighted by molar-refractivity contribution is -0.128. The van der Waals surface area contributed by atoms with E-state index in [9.17, 15) is 14.4 Å². The van der Waals surface area contributed by atoms with Crippen molar-refractivity contribution >= 4 is 41.8 Å². The number of hydrazone groups is 1. The molecule has 0 heterocycles. The summed E-state index contributed by atoms with van der Waals surface area (Å²) in [7, 11) is 5.46. The van der Waals surface area contributed by atoms with Crippen molar-refractivity contribution in [2.45, 2.75) is 0 Å². The maximum atomic E-state index is 13.1. The molecule has 0 aliphatic heterocycles. The van der Waals surface area contributed by atoms with Gasteiger partial charge in [0.25, 0.3) is 11.8 Å². The molecule has 0 aromatic heterocycles. The molecule has 0 bridgehead atoms. The standard InChI is InChI=1S/C35H32N4O5/c1-39(2)29-16-9-26(10-17-29)23-32(37-34(41)28-7-5-4-6-8-28)35(42)38-36-24-27-13-20-31(21-14-27)44-33(40)22-15-25-11-18-30(43-3)19-12-25/h4-24H,1-3H3,(H,37,41)(H,38,42)/b22-15+,32-23-,36-24-. The SMILES string of the molecule is COc1ccc(/C=C/C(=O)Oc2ccc(/C=N\NC(=O)/C(=C/c3ccc(N(C)C)cc3)NC(=O)c3ccccc3)cc2)cc1. The number of nitrogens with one attached hydrogen (secondary N) is 2. The van der Waals surface area contributed by atoms with Crippen molar-refractivity contribution < 1.29 is 23.9 Å². The highest BCUT2D eigenvalue weighted by Crippen LogP contribution is 2.16. The van der Waals surface area contributed by atoms with E-state index >= 15 is 0 Å². The number of amides is 2. The number of benzene rings is 4. The third-order valence-corrected chi connectivity index (χ3v) is 6.26. The Kier molecular flexibility index (Phi) is 10.8. The highest BCUT2D eigenvalue weighted by atomic mass is 16.5. The first-order valence-corrected chi connectivity index (χ1v) is 13.6. The second kappa shape index (κ2) is 15.3. The molecule has 4 rings (SSSR count). The van der Waals surface area contributed by atoms with Gasteiger partial charge < -0.3 is 19.7 Å². The molecule has 4 aromatic rings. The molecule has 0 saturated heterocycles. The predicted molar refractivity (Wildman–Crippen MR) is 172 cm³/mol. The third kappa shape index (κ3) is 9.28. The van der Waals surface area contributed by atoms with Crippen LogP contribution >= 0.6 is 0 Å². The monoisotopic (exact) mass is 588 g/mol. The zero-order valence-corrected chi connectivity index (χ0v) is 24.6. The number of carbonyl (C=O) groups is 3. The Bertz CT molecular complexity index is 1660. The summed E-state index contributed by atoms with van der Waals surface area (Å²) in [5.74, 6) is -0.473. The molecular weight excluding hydrogens is 556 g/mol.